The van der Waals surface area contributed by atoms with Crippen LogP contribution in [0.4, 0.5) is 5.69 Å². The number of hydrazine groups is 1. The molecule has 33 heavy (non-hydrogen) atoms. The van der Waals surface area contributed by atoms with Crippen molar-refractivity contribution in [3.63, 3.8) is 0 Å². The molecule has 0 aliphatic rings. The average molecular weight is 458 g/mol. The summed E-state index contributed by atoms with van der Waals surface area (Å²) >= 11 is 0. The summed E-state index contributed by atoms with van der Waals surface area (Å²) < 4.78 is 5.40. The Hall–Kier alpha value is -3.75. The number of rotatable bonds is 9. The van der Waals surface area contributed by atoms with E-state index in [1.165, 1.54) is 30.3 Å². The molecule has 2 aromatic carbocycles. The third-order valence-corrected chi connectivity index (χ3v) is 4.93. The largest absolute Gasteiger partial charge is 0.508 e. The molecule has 4 N–H and O–H groups in total. The number of amides is 1. The molecule has 0 radical (unpaired) electrons. The average Bonchev–Trinajstić information content (AvgIpc) is 2.70. The van der Waals surface area contributed by atoms with E-state index in [4.69, 9.17) is 4.74 Å². The van der Waals surface area contributed by atoms with Crippen LogP contribution in [0.5, 0.6) is 17.2 Å². The molecule has 0 saturated heterocycles. The van der Waals surface area contributed by atoms with Crippen LogP contribution in [-0.4, -0.2) is 27.7 Å². The number of phenols is 2. The van der Waals surface area contributed by atoms with E-state index >= 15 is 0 Å². The van der Waals surface area contributed by atoms with E-state index in [1.807, 2.05) is 13.8 Å². The molecule has 0 fully saturated rings. The summed E-state index contributed by atoms with van der Waals surface area (Å²) in [6.07, 6.45) is 0.823. The van der Waals surface area contributed by atoms with Crippen LogP contribution in [-0.2, 0) is 10.2 Å². The van der Waals surface area contributed by atoms with E-state index in [0.29, 0.717) is 0 Å². The fraction of sp³-hybridized carbons (Fsp3) is 0.375. The minimum Gasteiger partial charge on any atom is -0.508 e. The lowest BCUT2D eigenvalue weighted by atomic mass is 9.72. The number of nitro benzene ring substituents is 1. The van der Waals surface area contributed by atoms with Crippen LogP contribution < -0.4 is 15.6 Å². The zero-order valence-electron chi connectivity index (χ0n) is 19.6. The van der Waals surface area contributed by atoms with E-state index in [2.05, 4.69) is 38.2 Å². The van der Waals surface area contributed by atoms with Gasteiger partial charge in [-0.3, -0.25) is 25.8 Å². The molecule has 0 heterocycles. The van der Waals surface area contributed by atoms with Crippen LogP contribution in [0.25, 0.3) is 5.70 Å². The Bertz CT molecular complexity index is 1060. The number of nitro groups is 1. The summed E-state index contributed by atoms with van der Waals surface area (Å²) in [5.74, 6) is -0.861. The van der Waals surface area contributed by atoms with Gasteiger partial charge in [0.1, 0.15) is 11.5 Å². The Labute approximate surface area is 193 Å². The van der Waals surface area contributed by atoms with Gasteiger partial charge in [0.15, 0.2) is 12.4 Å². The van der Waals surface area contributed by atoms with Crippen LogP contribution >= 0.6 is 0 Å². The highest BCUT2D eigenvalue weighted by atomic mass is 16.6. The maximum Gasteiger partial charge on any atom is 0.311 e. The number of nitrogens with zero attached hydrogens (tertiary/aromatic N) is 1. The van der Waals surface area contributed by atoms with Crippen molar-refractivity contribution in [1.82, 2.24) is 10.9 Å². The number of carbonyl (C=O) groups excluding carboxylic acids is 1. The molecular weight excluding hydrogens is 426 g/mol. The number of phenolic OH excluding ortho intramolecular Hbond substituents is 2. The second-order valence-electron chi connectivity index (χ2n) is 9.70. The van der Waals surface area contributed by atoms with E-state index in [9.17, 15) is 25.1 Å². The normalized spacial score (nSPS) is 11.5. The molecule has 178 valence electrons. The number of carbonyl (C=O) groups is 1. The number of hydrogen-bond acceptors (Lipinski definition) is 7. The van der Waals surface area contributed by atoms with Crippen molar-refractivity contribution < 1.29 is 24.7 Å². The quantitative estimate of drug-likeness (QED) is 0.249. The van der Waals surface area contributed by atoms with Gasteiger partial charge in [0, 0.05) is 11.6 Å². The lowest BCUT2D eigenvalue weighted by Gasteiger charge is -2.33. The number of aromatic hydroxyl groups is 2. The summed E-state index contributed by atoms with van der Waals surface area (Å²) in [5, 5.41) is 31.0. The highest BCUT2D eigenvalue weighted by molar-refractivity contribution is 5.79. The molecule has 0 aromatic heterocycles. The van der Waals surface area contributed by atoms with Crippen LogP contribution in [0.3, 0.4) is 0 Å². The van der Waals surface area contributed by atoms with Gasteiger partial charge in [0.2, 0.25) is 0 Å². The maximum atomic E-state index is 12.1. The fourth-order valence-electron chi connectivity index (χ4n) is 3.79. The fourth-order valence-corrected chi connectivity index (χ4v) is 3.79. The van der Waals surface area contributed by atoms with Crippen molar-refractivity contribution in [2.24, 2.45) is 5.41 Å². The van der Waals surface area contributed by atoms with Gasteiger partial charge in [-0.25, -0.2) is 0 Å². The number of nitrogens with one attached hydrogen (secondary N) is 2. The molecule has 0 aliphatic heterocycles. The van der Waals surface area contributed by atoms with Crippen LogP contribution in [0.2, 0.25) is 0 Å². The number of benzene rings is 2. The molecule has 0 bridgehead atoms. The Balaban J connectivity index is 2.05. The van der Waals surface area contributed by atoms with Crippen molar-refractivity contribution in [2.45, 2.75) is 46.5 Å². The Kier molecular flexibility index (Phi) is 7.58. The third kappa shape index (κ3) is 7.13. The van der Waals surface area contributed by atoms with E-state index in [-0.39, 0.29) is 45.0 Å². The van der Waals surface area contributed by atoms with Crippen molar-refractivity contribution in [1.29, 1.82) is 0 Å². The molecule has 0 unspecified atom stereocenters. The molecule has 0 saturated carbocycles. The second-order valence-corrected chi connectivity index (χ2v) is 9.70. The van der Waals surface area contributed by atoms with Gasteiger partial charge in [-0.05, 0) is 47.1 Å². The molecule has 1 amide bonds. The zero-order chi connectivity index (χ0) is 25.0. The molecule has 0 atom stereocenters. The van der Waals surface area contributed by atoms with Crippen molar-refractivity contribution in [2.75, 3.05) is 6.61 Å². The highest BCUT2D eigenvalue weighted by Gasteiger charge is 2.30. The van der Waals surface area contributed by atoms with Gasteiger partial charge in [-0.2, -0.15) is 0 Å². The predicted molar refractivity (Wildman–Crippen MR) is 126 cm³/mol. The summed E-state index contributed by atoms with van der Waals surface area (Å²) in [6.45, 7) is 13.6. The minimum absolute atomic E-state index is 0.0186. The summed E-state index contributed by atoms with van der Waals surface area (Å²) in [5.41, 5.74) is 5.51. The van der Waals surface area contributed by atoms with Crippen molar-refractivity contribution in [3.05, 3.63) is 64.2 Å². The standard InChI is InChI=1S/C24H31N3O6/c1-15(18-12-17(28)8-9-20(18)29)25-26-22(30)13-33-21-10-7-16(11-19(21)27(31)32)24(5,6)14-23(2,3)4/h7-12,25,28-29H,1,13-14H2,2-6H3,(H,26,30). The van der Waals surface area contributed by atoms with Gasteiger partial charge in [0.25, 0.3) is 5.91 Å². The molecule has 2 rings (SSSR count). The zero-order valence-corrected chi connectivity index (χ0v) is 19.6. The smallest absolute Gasteiger partial charge is 0.311 e. The summed E-state index contributed by atoms with van der Waals surface area (Å²) in [6, 6.07) is 8.64. The number of hydrogen-bond donors (Lipinski definition) is 4. The second kappa shape index (κ2) is 9.81. The van der Waals surface area contributed by atoms with Crippen LogP contribution in [0.1, 0.15) is 52.2 Å². The van der Waals surface area contributed by atoms with Crippen LogP contribution in [0, 0.1) is 15.5 Å². The van der Waals surface area contributed by atoms with Gasteiger partial charge < -0.3 is 14.9 Å². The lowest BCUT2D eigenvalue weighted by molar-refractivity contribution is -0.385. The Morgan fingerprint density at radius 2 is 1.76 bits per heavy atom. The van der Waals surface area contributed by atoms with Crippen LogP contribution in [0.15, 0.2) is 43.0 Å². The van der Waals surface area contributed by atoms with Crippen molar-refractivity contribution in [3.8, 4) is 17.2 Å². The minimum atomic E-state index is -0.623. The summed E-state index contributed by atoms with van der Waals surface area (Å²) in [4.78, 5) is 23.2. The van der Waals surface area contributed by atoms with Crippen molar-refractivity contribution >= 4 is 17.3 Å². The Morgan fingerprint density at radius 1 is 1.09 bits per heavy atom. The lowest BCUT2D eigenvalue weighted by Crippen LogP contribution is -2.39. The first kappa shape index (κ1) is 25.5. The Morgan fingerprint density at radius 3 is 2.36 bits per heavy atom. The molecule has 0 spiro atoms. The van der Waals surface area contributed by atoms with E-state index in [0.717, 1.165) is 12.0 Å². The highest BCUT2D eigenvalue weighted by Crippen LogP contribution is 2.39. The SMILES string of the molecule is C=C(NNC(=O)COc1ccc(C(C)(C)CC(C)(C)C)cc1[N+](=O)[O-])c1cc(O)ccc1O. The first-order chi connectivity index (χ1) is 15.2. The topological polar surface area (TPSA) is 134 Å². The number of ether oxygens (including phenoxy) is 1. The molecular formula is C24H31N3O6. The van der Waals surface area contributed by atoms with Gasteiger partial charge in [-0.15, -0.1) is 0 Å². The third-order valence-electron chi connectivity index (χ3n) is 4.93. The predicted octanol–water partition coefficient (Wildman–Crippen LogP) is 4.39. The summed E-state index contributed by atoms with van der Waals surface area (Å²) in [7, 11) is 0. The maximum absolute atomic E-state index is 12.1. The van der Waals surface area contributed by atoms with Gasteiger partial charge in [0.05, 0.1) is 10.6 Å². The molecule has 0 aliphatic carbocycles. The first-order valence-corrected chi connectivity index (χ1v) is 10.4. The van der Waals surface area contributed by atoms with Gasteiger partial charge >= 0.3 is 5.69 Å². The molecule has 9 heteroatoms. The molecule has 2 aromatic rings. The monoisotopic (exact) mass is 457 g/mol. The molecule has 9 nitrogen and oxygen atoms in total. The van der Waals surface area contributed by atoms with Gasteiger partial charge in [-0.1, -0.05) is 47.3 Å². The van der Waals surface area contributed by atoms with E-state index < -0.39 is 17.4 Å². The first-order valence-electron chi connectivity index (χ1n) is 10.4. The van der Waals surface area contributed by atoms with E-state index in [1.54, 1.807) is 6.07 Å².